The number of nitrogens with one attached hydrogen (secondary N) is 2. The maximum atomic E-state index is 12.8. The van der Waals surface area contributed by atoms with Crippen LogP contribution >= 0.6 is 0 Å². The van der Waals surface area contributed by atoms with Gasteiger partial charge in [0.2, 0.25) is 0 Å². The van der Waals surface area contributed by atoms with Gasteiger partial charge in [0.15, 0.2) is 0 Å². The summed E-state index contributed by atoms with van der Waals surface area (Å²) < 4.78 is 7.17. The predicted octanol–water partition coefficient (Wildman–Crippen LogP) is 1.93. The fraction of sp³-hybridized carbons (Fsp3) is 0.600. The molecule has 6 N–H and O–H groups in total. The number of nitrogens with zero attached hydrogens (tertiary/aromatic N) is 3. The molecule has 2 unspecified atom stereocenters. The van der Waals surface area contributed by atoms with E-state index in [2.05, 4.69) is 27.9 Å². The quantitative estimate of drug-likeness (QED) is 0.617. The predicted molar refractivity (Wildman–Crippen MR) is 113 cm³/mol. The van der Waals surface area contributed by atoms with Crippen LogP contribution in [0.25, 0.3) is 11.3 Å². The second-order valence-corrected chi connectivity index (χ2v) is 7.70. The van der Waals surface area contributed by atoms with Crippen molar-refractivity contribution in [1.29, 1.82) is 5.26 Å². The van der Waals surface area contributed by atoms with Crippen molar-refractivity contribution in [3.63, 3.8) is 0 Å². The summed E-state index contributed by atoms with van der Waals surface area (Å²) in [5.41, 5.74) is 13.0. The van der Waals surface area contributed by atoms with Gasteiger partial charge in [0.1, 0.15) is 11.6 Å². The lowest BCUT2D eigenvalue weighted by Gasteiger charge is -2.52. The molecule has 0 amide bonds. The molecular formula is C20H31N7O2. The maximum Gasteiger partial charge on any atom is 0.327 e. The number of hydrogen-bond acceptors (Lipinski definition) is 6. The number of aromatic nitrogens is 3. The van der Waals surface area contributed by atoms with Crippen molar-refractivity contribution in [1.82, 2.24) is 19.4 Å². The summed E-state index contributed by atoms with van der Waals surface area (Å²) in [5.74, 6) is 1.07. The molecule has 4 heterocycles. The molecule has 0 aromatic carbocycles. The Bertz CT molecular complexity index is 932. The number of ether oxygens (including phenoxy) is 1. The molecule has 2 aliphatic rings. The highest BCUT2D eigenvalue weighted by atomic mass is 16.5. The number of nitrogen functional groups attached to an aromatic ring is 2. The number of likely N-dealkylation sites (tertiary alicyclic amines) is 1. The summed E-state index contributed by atoms with van der Waals surface area (Å²) in [7, 11) is 0. The number of imidazole rings is 1. The number of piperidine rings is 1. The number of rotatable bonds is 4. The Morgan fingerprint density at radius 1 is 1.34 bits per heavy atom. The number of hydrogen-bond donors (Lipinski definition) is 4. The van der Waals surface area contributed by atoms with Gasteiger partial charge in [-0.3, -0.25) is 14.5 Å². The first-order chi connectivity index (χ1) is 14.0. The smallest absolute Gasteiger partial charge is 0.327 e. The summed E-state index contributed by atoms with van der Waals surface area (Å²) in [6.07, 6.45) is 3.09. The number of anilines is 2. The van der Waals surface area contributed by atoms with E-state index in [1.807, 2.05) is 19.9 Å². The van der Waals surface area contributed by atoms with E-state index < -0.39 is 0 Å². The van der Waals surface area contributed by atoms with Crippen LogP contribution in [0.5, 0.6) is 0 Å². The molecule has 2 fully saturated rings. The van der Waals surface area contributed by atoms with Crippen LogP contribution in [0.3, 0.4) is 0 Å². The third-order valence-corrected chi connectivity index (χ3v) is 6.06. The van der Waals surface area contributed by atoms with Gasteiger partial charge >= 0.3 is 5.69 Å². The Balaban J connectivity index is 0.00000117. The summed E-state index contributed by atoms with van der Waals surface area (Å²) in [6.45, 7) is 8.82. The lowest BCUT2D eigenvalue weighted by molar-refractivity contribution is -0.150. The van der Waals surface area contributed by atoms with Gasteiger partial charge < -0.3 is 21.2 Å². The van der Waals surface area contributed by atoms with Crippen molar-refractivity contribution in [2.75, 3.05) is 37.8 Å². The highest BCUT2D eigenvalue weighted by Gasteiger charge is 2.47. The van der Waals surface area contributed by atoms with E-state index in [0.29, 0.717) is 49.1 Å². The van der Waals surface area contributed by atoms with E-state index in [0.717, 1.165) is 13.0 Å². The molecule has 2 aromatic rings. The van der Waals surface area contributed by atoms with Crippen LogP contribution in [-0.4, -0.2) is 51.3 Å². The normalized spacial score (nSPS) is 23.5. The van der Waals surface area contributed by atoms with Gasteiger partial charge in [-0.2, -0.15) is 5.26 Å². The van der Waals surface area contributed by atoms with Gasteiger partial charge in [0.05, 0.1) is 43.0 Å². The van der Waals surface area contributed by atoms with Crippen LogP contribution in [0.1, 0.15) is 39.7 Å². The highest BCUT2D eigenvalue weighted by Crippen LogP contribution is 2.39. The zero-order chi connectivity index (χ0) is 21.2. The SMILES string of the molecule is CC.CC1CCN(C2(CC#N)COC2)CC1n1c(-c2cc[nH]c2N)c(N)[nH]c1=O. The Morgan fingerprint density at radius 2 is 2.07 bits per heavy atom. The van der Waals surface area contributed by atoms with Crippen molar-refractivity contribution < 1.29 is 4.74 Å². The van der Waals surface area contributed by atoms with E-state index in [-0.39, 0.29) is 23.2 Å². The van der Waals surface area contributed by atoms with Crippen LogP contribution in [0.4, 0.5) is 11.6 Å². The Kier molecular flexibility index (Phi) is 6.05. The zero-order valence-corrected chi connectivity index (χ0v) is 17.4. The molecule has 0 radical (unpaired) electrons. The Hall–Kier alpha value is -2.70. The van der Waals surface area contributed by atoms with Crippen LogP contribution in [0, 0.1) is 17.2 Å². The van der Waals surface area contributed by atoms with Crippen molar-refractivity contribution >= 4 is 11.6 Å². The minimum Gasteiger partial charge on any atom is -0.385 e. The number of H-pyrrole nitrogens is 2. The molecule has 4 rings (SSSR count). The fourth-order valence-electron chi connectivity index (χ4n) is 4.34. The van der Waals surface area contributed by atoms with Crippen LogP contribution in [0.2, 0.25) is 0 Å². The van der Waals surface area contributed by atoms with Crippen molar-refractivity contribution in [2.45, 2.75) is 45.2 Å². The molecule has 9 nitrogen and oxygen atoms in total. The van der Waals surface area contributed by atoms with E-state index >= 15 is 0 Å². The third-order valence-electron chi connectivity index (χ3n) is 6.06. The maximum absolute atomic E-state index is 12.8. The first-order valence-electron chi connectivity index (χ1n) is 10.2. The lowest BCUT2D eigenvalue weighted by atomic mass is 9.85. The van der Waals surface area contributed by atoms with Gasteiger partial charge in [-0.05, 0) is 24.9 Å². The number of aromatic amines is 2. The minimum atomic E-state index is -0.244. The third kappa shape index (κ3) is 3.54. The van der Waals surface area contributed by atoms with Gasteiger partial charge in [-0.15, -0.1) is 0 Å². The Morgan fingerprint density at radius 3 is 2.62 bits per heavy atom. The zero-order valence-electron chi connectivity index (χ0n) is 17.4. The summed E-state index contributed by atoms with van der Waals surface area (Å²) >= 11 is 0. The van der Waals surface area contributed by atoms with Crippen molar-refractivity contribution in [2.24, 2.45) is 5.92 Å². The average molecular weight is 402 g/mol. The minimum absolute atomic E-state index is 0.0692. The molecule has 9 heteroatoms. The van der Waals surface area contributed by atoms with Crippen LogP contribution in [0.15, 0.2) is 17.1 Å². The summed E-state index contributed by atoms with van der Waals surface area (Å²) in [6, 6.07) is 4.05. The second kappa shape index (κ2) is 8.35. The van der Waals surface area contributed by atoms with E-state index in [1.165, 1.54) is 0 Å². The largest absolute Gasteiger partial charge is 0.385 e. The molecule has 2 atom stereocenters. The molecule has 0 bridgehead atoms. The van der Waals surface area contributed by atoms with E-state index in [1.54, 1.807) is 10.8 Å². The molecule has 0 saturated carbocycles. The van der Waals surface area contributed by atoms with Crippen molar-refractivity contribution in [3.8, 4) is 17.3 Å². The molecule has 2 aliphatic heterocycles. The van der Waals surface area contributed by atoms with Gasteiger partial charge in [0, 0.05) is 18.3 Å². The molecular weight excluding hydrogens is 370 g/mol. The Labute approximate surface area is 170 Å². The lowest BCUT2D eigenvalue weighted by Crippen LogP contribution is -2.65. The van der Waals surface area contributed by atoms with Crippen LogP contribution < -0.4 is 17.2 Å². The first kappa shape index (κ1) is 21.0. The van der Waals surface area contributed by atoms with E-state index in [4.69, 9.17) is 16.2 Å². The highest BCUT2D eigenvalue weighted by molar-refractivity contribution is 5.79. The monoisotopic (exact) mass is 401 g/mol. The molecule has 2 saturated heterocycles. The molecule has 0 aliphatic carbocycles. The summed E-state index contributed by atoms with van der Waals surface area (Å²) in [4.78, 5) is 20.7. The number of nitrogens with two attached hydrogens (primary N) is 2. The standard InChI is InChI=1S/C18H25N7O2.C2H6/c1-11-3-7-24(18(4-5-19)9-27-10-18)8-13(11)25-14(16(21)23-17(25)26)12-2-6-22-15(12)20;1-2/h2,6,11,13,22H,3-4,7-10,20-21H2,1H3,(H,23,26);1-2H3. The fourth-order valence-corrected chi connectivity index (χ4v) is 4.34. The topological polar surface area (TPSA) is 142 Å². The molecule has 2 aromatic heterocycles. The van der Waals surface area contributed by atoms with Crippen molar-refractivity contribution in [3.05, 3.63) is 22.7 Å². The van der Waals surface area contributed by atoms with E-state index in [9.17, 15) is 10.1 Å². The molecule has 0 spiro atoms. The number of nitriles is 1. The van der Waals surface area contributed by atoms with Gasteiger partial charge in [-0.25, -0.2) is 4.79 Å². The summed E-state index contributed by atoms with van der Waals surface area (Å²) in [5, 5.41) is 9.25. The first-order valence-corrected chi connectivity index (χ1v) is 10.2. The second-order valence-electron chi connectivity index (χ2n) is 7.70. The van der Waals surface area contributed by atoms with Crippen LogP contribution in [-0.2, 0) is 4.74 Å². The molecule has 158 valence electrons. The molecule has 29 heavy (non-hydrogen) atoms. The van der Waals surface area contributed by atoms with Gasteiger partial charge in [-0.1, -0.05) is 20.8 Å². The van der Waals surface area contributed by atoms with Gasteiger partial charge in [0.25, 0.3) is 0 Å². The average Bonchev–Trinajstić information content (AvgIpc) is 3.22.